The summed E-state index contributed by atoms with van der Waals surface area (Å²) in [5, 5.41) is 1.47. The number of nitrogens with zero attached hydrogens (tertiary/aromatic N) is 1. The fourth-order valence-corrected chi connectivity index (χ4v) is 4.05. The van der Waals surface area contributed by atoms with Crippen LogP contribution in [0.2, 0.25) is 5.02 Å². The zero-order valence-corrected chi connectivity index (χ0v) is 18.0. The summed E-state index contributed by atoms with van der Waals surface area (Å²) in [5.41, 5.74) is 4.42. The van der Waals surface area contributed by atoms with Gasteiger partial charge in [0.15, 0.2) is 11.5 Å². The van der Waals surface area contributed by atoms with Crippen LogP contribution in [0.15, 0.2) is 94.1 Å². The topological polar surface area (TPSA) is 61.6 Å². The third-order valence-electron chi connectivity index (χ3n) is 5.59. The minimum Gasteiger partial charge on any atom is -0.454 e. The van der Waals surface area contributed by atoms with Crippen molar-refractivity contribution in [1.82, 2.24) is 4.98 Å². The molecule has 0 spiro atoms. The first-order valence-corrected chi connectivity index (χ1v) is 10.7. The van der Waals surface area contributed by atoms with Crippen molar-refractivity contribution in [3.8, 4) is 45.1 Å². The molecule has 0 bridgehead atoms. The number of benzene rings is 3. The van der Waals surface area contributed by atoms with Gasteiger partial charge >= 0.3 is 5.63 Å². The monoisotopic (exact) mass is 453 g/mol. The summed E-state index contributed by atoms with van der Waals surface area (Å²) in [6.07, 6.45) is 0. The smallest absolute Gasteiger partial charge is 0.345 e. The maximum Gasteiger partial charge on any atom is 0.345 e. The highest BCUT2D eigenvalue weighted by atomic mass is 35.5. The van der Waals surface area contributed by atoms with E-state index in [1.165, 1.54) is 0 Å². The molecule has 0 fully saturated rings. The molecule has 160 valence electrons. The minimum absolute atomic E-state index is 0.203. The Kier molecular flexibility index (Phi) is 4.63. The molecule has 5 nitrogen and oxygen atoms in total. The van der Waals surface area contributed by atoms with Crippen molar-refractivity contribution in [2.45, 2.75) is 0 Å². The number of ether oxygens (including phenoxy) is 2. The van der Waals surface area contributed by atoms with Crippen molar-refractivity contribution in [2.75, 3.05) is 6.79 Å². The molecule has 33 heavy (non-hydrogen) atoms. The van der Waals surface area contributed by atoms with Gasteiger partial charge in [-0.25, -0.2) is 9.78 Å². The Hall–Kier alpha value is -4.09. The molecule has 0 atom stereocenters. The largest absolute Gasteiger partial charge is 0.454 e. The lowest BCUT2D eigenvalue weighted by Crippen LogP contribution is -2.04. The molecule has 5 aromatic rings. The number of hydrogen-bond acceptors (Lipinski definition) is 5. The number of para-hydroxylation sites is 1. The molecule has 0 N–H and O–H groups in total. The third-order valence-corrected chi connectivity index (χ3v) is 5.84. The Morgan fingerprint density at radius 3 is 2.36 bits per heavy atom. The van der Waals surface area contributed by atoms with Gasteiger partial charge in [-0.1, -0.05) is 48.0 Å². The summed E-state index contributed by atoms with van der Waals surface area (Å²) in [7, 11) is 0. The minimum atomic E-state index is -0.439. The number of halogens is 1. The zero-order valence-electron chi connectivity index (χ0n) is 17.2. The Bertz CT molecular complexity index is 1570. The summed E-state index contributed by atoms with van der Waals surface area (Å²) in [6.45, 7) is 0.203. The van der Waals surface area contributed by atoms with Gasteiger partial charge in [-0.2, -0.15) is 0 Å². The number of rotatable bonds is 3. The van der Waals surface area contributed by atoms with Gasteiger partial charge in [-0.3, -0.25) is 0 Å². The van der Waals surface area contributed by atoms with Crippen LogP contribution in [0.5, 0.6) is 11.5 Å². The second kappa shape index (κ2) is 7.80. The molecule has 0 saturated heterocycles. The standard InChI is InChI=1S/C27H16ClNO4/c28-20-8-5-16(6-9-20)22-12-19(17-7-10-25-26(14-17)32-15-31-25)13-23(29-22)21-11-18-3-1-2-4-24(18)33-27(21)30/h1-14H,15H2. The van der Waals surface area contributed by atoms with Gasteiger partial charge < -0.3 is 13.9 Å². The van der Waals surface area contributed by atoms with E-state index in [1.54, 1.807) is 6.07 Å². The van der Waals surface area contributed by atoms with Gasteiger partial charge in [-0.05, 0) is 59.7 Å². The lowest BCUT2D eigenvalue weighted by atomic mass is 10.00. The Morgan fingerprint density at radius 2 is 1.48 bits per heavy atom. The molecule has 0 radical (unpaired) electrons. The molecule has 1 aliphatic heterocycles. The SMILES string of the molecule is O=c1oc2ccccc2cc1-c1cc(-c2ccc3c(c2)OCO3)cc(-c2ccc(Cl)cc2)n1. The van der Waals surface area contributed by atoms with Gasteiger partial charge in [0.25, 0.3) is 0 Å². The molecule has 0 amide bonds. The van der Waals surface area contributed by atoms with E-state index in [-0.39, 0.29) is 6.79 Å². The quantitative estimate of drug-likeness (QED) is 0.289. The van der Waals surface area contributed by atoms with Crippen molar-refractivity contribution in [3.63, 3.8) is 0 Å². The highest BCUT2D eigenvalue weighted by molar-refractivity contribution is 6.30. The van der Waals surface area contributed by atoms with E-state index in [4.69, 9.17) is 30.5 Å². The van der Waals surface area contributed by atoms with E-state index < -0.39 is 5.63 Å². The summed E-state index contributed by atoms with van der Waals surface area (Å²) in [6, 6.07) is 26.3. The maximum atomic E-state index is 12.9. The highest BCUT2D eigenvalue weighted by Crippen LogP contribution is 2.37. The summed E-state index contributed by atoms with van der Waals surface area (Å²) >= 11 is 6.08. The van der Waals surface area contributed by atoms with Gasteiger partial charge in [0, 0.05) is 16.0 Å². The predicted octanol–water partition coefficient (Wildman–Crippen LogP) is 6.57. The van der Waals surface area contributed by atoms with Gasteiger partial charge in [0.2, 0.25) is 6.79 Å². The molecule has 0 saturated carbocycles. The molecule has 0 aliphatic carbocycles. The van der Waals surface area contributed by atoms with E-state index in [2.05, 4.69) is 0 Å². The van der Waals surface area contributed by atoms with Crippen LogP contribution < -0.4 is 15.1 Å². The maximum absolute atomic E-state index is 12.9. The highest BCUT2D eigenvalue weighted by Gasteiger charge is 2.17. The summed E-state index contributed by atoms with van der Waals surface area (Å²) < 4.78 is 16.6. The van der Waals surface area contributed by atoms with Crippen LogP contribution >= 0.6 is 11.6 Å². The van der Waals surface area contributed by atoms with E-state index in [1.807, 2.05) is 78.9 Å². The van der Waals surface area contributed by atoms with Gasteiger partial charge in [0.05, 0.1) is 17.0 Å². The first kappa shape index (κ1) is 19.6. The van der Waals surface area contributed by atoms with Crippen molar-refractivity contribution >= 4 is 22.6 Å². The van der Waals surface area contributed by atoms with Gasteiger partial charge in [-0.15, -0.1) is 0 Å². The number of aromatic nitrogens is 1. The van der Waals surface area contributed by atoms with E-state index in [9.17, 15) is 4.79 Å². The Labute approximate surface area is 193 Å². The van der Waals surface area contributed by atoms with Crippen LogP contribution in [0.4, 0.5) is 0 Å². The third kappa shape index (κ3) is 3.62. The first-order valence-electron chi connectivity index (χ1n) is 10.4. The van der Waals surface area contributed by atoms with Crippen LogP contribution in [0, 0.1) is 0 Å². The van der Waals surface area contributed by atoms with Crippen molar-refractivity contribution in [3.05, 3.63) is 100 Å². The summed E-state index contributed by atoms with van der Waals surface area (Å²) in [4.78, 5) is 17.7. The van der Waals surface area contributed by atoms with Crippen LogP contribution in [0.3, 0.4) is 0 Å². The molecule has 6 rings (SSSR count). The Balaban J connectivity index is 1.57. The average molecular weight is 454 g/mol. The molecular weight excluding hydrogens is 438 g/mol. The predicted molar refractivity (Wildman–Crippen MR) is 128 cm³/mol. The Morgan fingerprint density at radius 1 is 0.727 bits per heavy atom. The zero-order chi connectivity index (χ0) is 22.4. The van der Waals surface area contributed by atoms with Crippen LogP contribution in [0.1, 0.15) is 0 Å². The molecule has 6 heteroatoms. The normalized spacial score (nSPS) is 12.3. The molecule has 3 heterocycles. The van der Waals surface area contributed by atoms with Crippen molar-refractivity contribution in [2.24, 2.45) is 0 Å². The van der Waals surface area contributed by atoms with Crippen LogP contribution in [-0.2, 0) is 0 Å². The number of hydrogen-bond donors (Lipinski definition) is 0. The number of fused-ring (bicyclic) bond motifs is 2. The first-order chi connectivity index (χ1) is 16.1. The lowest BCUT2D eigenvalue weighted by Gasteiger charge is -2.11. The second-order valence-corrected chi connectivity index (χ2v) is 8.12. The lowest BCUT2D eigenvalue weighted by molar-refractivity contribution is 0.174. The second-order valence-electron chi connectivity index (χ2n) is 7.69. The van der Waals surface area contributed by atoms with Crippen molar-refractivity contribution in [1.29, 1.82) is 0 Å². The van der Waals surface area contributed by atoms with Crippen LogP contribution in [0.25, 0.3) is 44.6 Å². The molecule has 1 aliphatic rings. The summed E-state index contributed by atoms with van der Waals surface area (Å²) in [5.74, 6) is 1.39. The fraction of sp³-hybridized carbons (Fsp3) is 0.0370. The van der Waals surface area contributed by atoms with Crippen LogP contribution in [-0.4, -0.2) is 11.8 Å². The average Bonchev–Trinajstić information content (AvgIpc) is 3.32. The molecule has 3 aromatic carbocycles. The molecule has 0 unspecified atom stereocenters. The van der Waals surface area contributed by atoms with Crippen molar-refractivity contribution < 1.29 is 13.9 Å². The van der Waals surface area contributed by atoms with Gasteiger partial charge in [0.1, 0.15) is 5.58 Å². The van der Waals surface area contributed by atoms with E-state index in [0.29, 0.717) is 39.1 Å². The van der Waals surface area contributed by atoms with E-state index >= 15 is 0 Å². The molecule has 2 aromatic heterocycles. The number of pyridine rings is 1. The molecular formula is C27H16ClNO4. The fourth-order valence-electron chi connectivity index (χ4n) is 3.92. The van der Waals surface area contributed by atoms with E-state index in [0.717, 1.165) is 22.1 Å².